The second-order valence-corrected chi connectivity index (χ2v) is 15.9. The Hall–Kier alpha value is -4.91. The lowest BCUT2D eigenvalue weighted by Gasteiger charge is -2.41. The summed E-state index contributed by atoms with van der Waals surface area (Å²) in [5, 5.41) is 0. The lowest BCUT2D eigenvalue weighted by atomic mass is 9.79. The third-order valence-electron chi connectivity index (χ3n) is 10.3. The zero-order valence-electron chi connectivity index (χ0n) is 30.2. The summed E-state index contributed by atoms with van der Waals surface area (Å²) in [6.07, 6.45) is -0.697. The average Bonchev–Trinajstić information content (AvgIpc) is 3.56. The molecule has 4 atom stereocenters. The minimum absolute atomic E-state index is 0.0765. The van der Waals surface area contributed by atoms with E-state index in [2.05, 4.69) is 116 Å². The third-order valence-corrected chi connectivity index (χ3v) is 12.2. The van der Waals surface area contributed by atoms with Gasteiger partial charge in [0, 0.05) is 6.20 Å². The number of H-pyrrole nitrogens is 1. The van der Waals surface area contributed by atoms with Gasteiger partial charge in [0.05, 0.1) is 15.0 Å². The van der Waals surface area contributed by atoms with Crippen molar-refractivity contribution in [1.82, 2.24) is 9.55 Å². The van der Waals surface area contributed by atoms with E-state index in [-0.39, 0.29) is 11.1 Å². The number of halogens is 2. The predicted octanol–water partition coefficient (Wildman–Crippen LogP) is 9.39. The molecule has 9 heteroatoms. The van der Waals surface area contributed by atoms with E-state index in [1.54, 1.807) is 0 Å². The lowest BCUT2D eigenvalue weighted by Crippen LogP contribution is -2.45. The van der Waals surface area contributed by atoms with Crippen LogP contribution >= 0.6 is 38.5 Å². The molecule has 2 heterocycles. The number of nitrogens with zero attached hydrogens (tertiary/aromatic N) is 1. The van der Waals surface area contributed by atoms with E-state index in [0.717, 1.165) is 33.4 Å². The van der Waals surface area contributed by atoms with E-state index < -0.39 is 44.8 Å². The smallest absolute Gasteiger partial charge is 0.330 e. The number of benzene rings is 6. The molecule has 0 bridgehead atoms. The number of alkyl halides is 1. The number of hydrogen-bond donors (Lipinski definition) is 1. The van der Waals surface area contributed by atoms with Crippen LogP contribution in [0.3, 0.4) is 0 Å². The third kappa shape index (κ3) is 7.14. The van der Waals surface area contributed by atoms with Gasteiger partial charge in [-0.1, -0.05) is 205 Å². The maximum Gasteiger partial charge on any atom is 0.330 e. The van der Waals surface area contributed by atoms with Crippen molar-refractivity contribution in [3.63, 3.8) is 0 Å². The fourth-order valence-corrected chi connectivity index (χ4v) is 9.19. The molecule has 280 valence electrons. The first-order chi connectivity index (χ1) is 27.4. The topological polar surface area (TPSA) is 82.6 Å². The van der Waals surface area contributed by atoms with Crippen LogP contribution in [-0.4, -0.2) is 32.3 Å². The summed E-state index contributed by atoms with van der Waals surface area (Å²) in [6.45, 7) is 0.0765. The Bertz CT molecular complexity index is 2280. The highest BCUT2D eigenvalue weighted by molar-refractivity contribution is 14.1. The van der Waals surface area contributed by atoms with Gasteiger partial charge in [0.1, 0.15) is 23.4 Å². The van der Waals surface area contributed by atoms with Crippen molar-refractivity contribution < 1.29 is 14.2 Å². The van der Waals surface area contributed by atoms with Crippen molar-refractivity contribution in [2.75, 3.05) is 6.61 Å². The minimum atomic E-state index is -1.10. The van der Waals surface area contributed by atoms with Gasteiger partial charge in [0.15, 0.2) is 6.23 Å². The molecule has 56 heavy (non-hydrogen) atoms. The largest absolute Gasteiger partial charge is 0.358 e. The Labute approximate surface area is 347 Å². The van der Waals surface area contributed by atoms with Gasteiger partial charge >= 0.3 is 5.69 Å². The first-order valence-electron chi connectivity index (χ1n) is 18.4. The van der Waals surface area contributed by atoms with E-state index in [1.165, 1.54) is 10.8 Å². The second-order valence-electron chi connectivity index (χ2n) is 13.6. The van der Waals surface area contributed by atoms with Crippen LogP contribution in [0.2, 0.25) is 0 Å². The standard InChI is InChI=1S/C47H38BrIN2O5/c48-39-31-51(45(53)50-43(39)52)44-41(49)42(56-47(36-25-13-4-14-26-36,37-27-15-5-16-28-37)38-29-17-6-18-30-38)40(55-44)32-54-46(33-19-7-1-8-20-33,34-21-9-2-10-22-34)35-23-11-3-12-24-35/h1-31,40-42,44H,32H2,(H,50,52,53)/t40-,41-,42-,44-/m1/s1. The van der Waals surface area contributed by atoms with Gasteiger partial charge < -0.3 is 14.2 Å². The molecule has 0 radical (unpaired) electrons. The van der Waals surface area contributed by atoms with Gasteiger partial charge in [-0.15, -0.1) is 0 Å². The first-order valence-corrected chi connectivity index (χ1v) is 20.4. The van der Waals surface area contributed by atoms with Gasteiger partial charge in [0.2, 0.25) is 0 Å². The van der Waals surface area contributed by atoms with Crippen LogP contribution in [0.1, 0.15) is 39.6 Å². The Morgan fingerprint density at radius 1 is 0.589 bits per heavy atom. The van der Waals surface area contributed by atoms with Crippen LogP contribution in [0.5, 0.6) is 0 Å². The Kier molecular flexibility index (Phi) is 11.3. The zero-order valence-corrected chi connectivity index (χ0v) is 33.9. The van der Waals surface area contributed by atoms with Gasteiger partial charge in [-0.25, -0.2) is 4.79 Å². The SMILES string of the molecule is O=c1[nH]c(=O)n([C@@H]2O[C@H](COC(c3ccccc3)(c3ccccc3)c3ccccc3)[C@@H](OC(c3ccccc3)(c3ccccc3)c3ccccc3)[C@H]2I)cc1Br. The predicted molar refractivity (Wildman–Crippen MR) is 230 cm³/mol. The molecule has 0 saturated carbocycles. The van der Waals surface area contributed by atoms with Crippen molar-refractivity contribution in [3.05, 3.63) is 247 Å². The maximum absolute atomic E-state index is 13.5. The molecule has 1 aromatic heterocycles. The molecule has 6 aromatic carbocycles. The molecule has 1 N–H and O–H groups in total. The minimum Gasteiger partial charge on any atom is -0.358 e. The number of ether oxygens (including phenoxy) is 3. The maximum atomic E-state index is 13.5. The number of aromatic amines is 1. The van der Waals surface area contributed by atoms with Gasteiger partial charge in [0.25, 0.3) is 5.56 Å². The lowest BCUT2D eigenvalue weighted by molar-refractivity contribution is -0.126. The zero-order chi connectivity index (χ0) is 38.5. The molecule has 0 spiro atoms. The molecule has 0 unspecified atom stereocenters. The van der Waals surface area contributed by atoms with Crippen molar-refractivity contribution in [2.24, 2.45) is 0 Å². The van der Waals surface area contributed by atoms with Crippen LogP contribution < -0.4 is 11.2 Å². The molecule has 1 saturated heterocycles. The number of hydrogen-bond acceptors (Lipinski definition) is 5. The van der Waals surface area contributed by atoms with Crippen molar-refractivity contribution in [1.29, 1.82) is 0 Å². The summed E-state index contributed by atoms with van der Waals surface area (Å²) in [5.41, 5.74) is 2.40. The highest BCUT2D eigenvalue weighted by Crippen LogP contribution is 2.48. The van der Waals surface area contributed by atoms with Crippen LogP contribution in [-0.2, 0) is 25.4 Å². The summed E-state index contributed by atoms with van der Waals surface area (Å²) in [5.74, 6) is 0. The van der Waals surface area contributed by atoms with Gasteiger partial charge in [-0.3, -0.25) is 14.3 Å². The van der Waals surface area contributed by atoms with Crippen LogP contribution in [0.15, 0.2) is 202 Å². The number of aromatic nitrogens is 2. The van der Waals surface area contributed by atoms with Crippen LogP contribution in [0, 0.1) is 0 Å². The molecule has 1 aliphatic rings. The Morgan fingerprint density at radius 2 is 0.946 bits per heavy atom. The van der Waals surface area contributed by atoms with Crippen LogP contribution in [0.25, 0.3) is 0 Å². The molecule has 0 aliphatic carbocycles. The molecule has 0 amide bonds. The van der Waals surface area contributed by atoms with E-state index in [4.69, 9.17) is 14.2 Å². The van der Waals surface area contributed by atoms with E-state index in [9.17, 15) is 9.59 Å². The second kappa shape index (κ2) is 16.7. The molecule has 8 rings (SSSR count). The van der Waals surface area contributed by atoms with E-state index in [0.29, 0.717) is 0 Å². The Morgan fingerprint density at radius 3 is 1.32 bits per heavy atom. The van der Waals surface area contributed by atoms with Crippen molar-refractivity contribution >= 4 is 38.5 Å². The normalized spacial score (nSPS) is 18.5. The highest BCUT2D eigenvalue weighted by atomic mass is 127. The summed E-state index contributed by atoms with van der Waals surface area (Å²) >= 11 is 5.67. The average molecular weight is 918 g/mol. The van der Waals surface area contributed by atoms with Crippen LogP contribution in [0.4, 0.5) is 0 Å². The van der Waals surface area contributed by atoms with Crippen molar-refractivity contribution in [2.45, 2.75) is 33.6 Å². The molecule has 7 aromatic rings. The van der Waals surface area contributed by atoms with Crippen molar-refractivity contribution in [3.8, 4) is 0 Å². The summed E-state index contributed by atoms with van der Waals surface area (Å²) in [4.78, 5) is 28.4. The summed E-state index contributed by atoms with van der Waals surface area (Å²) < 4.78 is 23.2. The summed E-state index contributed by atoms with van der Waals surface area (Å²) in [6, 6.07) is 61.1. The fraction of sp³-hybridized carbons (Fsp3) is 0.149. The first kappa shape index (κ1) is 38.0. The summed E-state index contributed by atoms with van der Waals surface area (Å²) in [7, 11) is 0. The molecule has 1 aliphatic heterocycles. The molecular formula is C47H38BrIN2O5. The highest BCUT2D eigenvalue weighted by Gasteiger charge is 2.52. The fourth-order valence-electron chi connectivity index (χ4n) is 7.75. The van der Waals surface area contributed by atoms with Gasteiger partial charge in [-0.2, -0.15) is 0 Å². The number of rotatable bonds is 12. The Balaban J connectivity index is 1.30. The van der Waals surface area contributed by atoms with E-state index >= 15 is 0 Å². The molecular weight excluding hydrogens is 879 g/mol. The number of nitrogens with one attached hydrogen (secondary N) is 1. The molecule has 7 nitrogen and oxygen atoms in total. The molecule has 1 fully saturated rings. The van der Waals surface area contributed by atoms with Gasteiger partial charge in [-0.05, 0) is 49.3 Å². The van der Waals surface area contributed by atoms with E-state index in [1.807, 2.05) is 109 Å². The quantitative estimate of drug-likeness (QED) is 0.0751. The monoisotopic (exact) mass is 916 g/mol.